The van der Waals surface area contributed by atoms with E-state index in [0.717, 1.165) is 25.7 Å². The monoisotopic (exact) mass is 293 g/mol. The molecule has 0 saturated heterocycles. The van der Waals surface area contributed by atoms with Crippen LogP contribution in [-0.2, 0) is 4.74 Å². The molecule has 0 amide bonds. The van der Waals surface area contributed by atoms with Gasteiger partial charge in [0.1, 0.15) is 17.7 Å². The second-order valence-electron chi connectivity index (χ2n) is 5.30. The molecule has 1 N–H and O–H groups in total. The van der Waals surface area contributed by atoms with E-state index in [0.29, 0.717) is 11.3 Å². The summed E-state index contributed by atoms with van der Waals surface area (Å²) in [7, 11) is 1.50. The first-order chi connectivity index (χ1) is 10.2. The molecule has 1 atom stereocenters. The highest BCUT2D eigenvalue weighted by molar-refractivity contribution is 5.36. The number of hydrogen-bond acceptors (Lipinski definition) is 4. The zero-order valence-electron chi connectivity index (χ0n) is 12.1. The van der Waals surface area contributed by atoms with E-state index in [1.165, 1.54) is 25.3 Å². The normalized spacial score (nSPS) is 23.3. The first-order valence-electron chi connectivity index (χ1n) is 7.17. The van der Waals surface area contributed by atoms with E-state index in [9.17, 15) is 9.50 Å². The van der Waals surface area contributed by atoms with E-state index in [-0.39, 0.29) is 24.4 Å². The Hall–Kier alpha value is -1.64. The van der Waals surface area contributed by atoms with Crippen LogP contribution in [0.25, 0.3) is 0 Å². The second kappa shape index (κ2) is 7.39. The summed E-state index contributed by atoms with van der Waals surface area (Å²) >= 11 is 0. The maximum absolute atomic E-state index is 13.4. The van der Waals surface area contributed by atoms with Crippen molar-refractivity contribution < 1.29 is 19.0 Å². The maximum Gasteiger partial charge on any atom is 0.124 e. The fourth-order valence-electron chi connectivity index (χ4n) is 2.73. The van der Waals surface area contributed by atoms with Crippen molar-refractivity contribution in [1.82, 2.24) is 0 Å². The van der Waals surface area contributed by atoms with Crippen LogP contribution in [0.3, 0.4) is 0 Å². The molecule has 0 bridgehead atoms. The van der Waals surface area contributed by atoms with Gasteiger partial charge in [-0.25, -0.2) is 4.39 Å². The fourth-order valence-corrected chi connectivity index (χ4v) is 2.73. The molecule has 114 valence electrons. The lowest BCUT2D eigenvalue weighted by Gasteiger charge is -2.29. The third-order valence-electron chi connectivity index (χ3n) is 3.92. The molecule has 1 aromatic carbocycles. The molecular weight excluding hydrogens is 273 g/mol. The zero-order valence-corrected chi connectivity index (χ0v) is 12.1. The van der Waals surface area contributed by atoms with Gasteiger partial charge in [0.05, 0.1) is 25.9 Å². The molecule has 21 heavy (non-hydrogen) atoms. The number of ether oxygens (including phenoxy) is 2. The topological polar surface area (TPSA) is 62.5 Å². The molecule has 0 heterocycles. The highest BCUT2D eigenvalue weighted by Gasteiger charge is 2.26. The number of aliphatic hydroxyl groups excluding tert-OH is 1. The van der Waals surface area contributed by atoms with Crippen LogP contribution < -0.4 is 4.74 Å². The van der Waals surface area contributed by atoms with Crippen LogP contribution in [0.15, 0.2) is 18.2 Å². The molecule has 4 nitrogen and oxygen atoms in total. The summed E-state index contributed by atoms with van der Waals surface area (Å²) in [6.45, 7) is -0.238. The Morgan fingerprint density at radius 1 is 1.38 bits per heavy atom. The molecule has 1 fully saturated rings. The zero-order chi connectivity index (χ0) is 15.2. The van der Waals surface area contributed by atoms with Gasteiger partial charge in [-0.1, -0.05) is 0 Å². The van der Waals surface area contributed by atoms with Crippen molar-refractivity contribution in [3.8, 4) is 11.8 Å². The van der Waals surface area contributed by atoms with Gasteiger partial charge in [-0.15, -0.1) is 0 Å². The average molecular weight is 293 g/mol. The number of nitrogens with zero attached hydrogens (tertiary/aromatic N) is 1. The number of methoxy groups -OCH3 is 1. The molecule has 0 unspecified atom stereocenters. The van der Waals surface area contributed by atoms with Gasteiger partial charge >= 0.3 is 0 Å². The van der Waals surface area contributed by atoms with Crippen LogP contribution in [0, 0.1) is 23.1 Å². The molecule has 0 radical (unpaired) electrons. The average Bonchev–Trinajstić information content (AvgIpc) is 2.53. The van der Waals surface area contributed by atoms with E-state index < -0.39 is 6.10 Å². The maximum atomic E-state index is 13.4. The predicted molar refractivity (Wildman–Crippen MR) is 75.2 cm³/mol. The lowest BCUT2D eigenvalue weighted by atomic mass is 9.88. The van der Waals surface area contributed by atoms with Crippen molar-refractivity contribution in [2.24, 2.45) is 5.92 Å². The van der Waals surface area contributed by atoms with Crippen LogP contribution in [0.1, 0.15) is 37.4 Å². The minimum atomic E-state index is -0.612. The highest BCUT2D eigenvalue weighted by atomic mass is 19.1. The smallest absolute Gasteiger partial charge is 0.124 e. The molecule has 0 aliphatic heterocycles. The van der Waals surface area contributed by atoms with Crippen LogP contribution in [0.4, 0.5) is 4.39 Å². The summed E-state index contributed by atoms with van der Waals surface area (Å²) in [5.41, 5.74) is 0.516. The summed E-state index contributed by atoms with van der Waals surface area (Å²) in [6.07, 6.45) is 2.55. The lowest BCUT2D eigenvalue weighted by molar-refractivity contribution is -0.0588. The Kier molecular flexibility index (Phi) is 5.54. The third kappa shape index (κ3) is 3.93. The number of rotatable bonds is 5. The van der Waals surface area contributed by atoms with Gasteiger partial charge in [-0.2, -0.15) is 5.26 Å². The molecule has 1 saturated carbocycles. The number of benzene rings is 1. The Labute approximate surface area is 124 Å². The molecular formula is C16H20FNO3. The molecule has 1 aliphatic rings. The first kappa shape index (κ1) is 15.7. The van der Waals surface area contributed by atoms with Gasteiger partial charge in [0.2, 0.25) is 0 Å². The van der Waals surface area contributed by atoms with Crippen molar-refractivity contribution >= 4 is 0 Å². The number of nitriles is 1. The molecule has 2 rings (SSSR count). The van der Waals surface area contributed by atoms with E-state index in [4.69, 9.17) is 14.7 Å². The predicted octanol–water partition coefficient (Wildman–Crippen LogP) is 2.97. The van der Waals surface area contributed by atoms with Crippen molar-refractivity contribution in [3.63, 3.8) is 0 Å². The van der Waals surface area contributed by atoms with E-state index in [1.54, 1.807) is 0 Å². The minimum absolute atomic E-state index is 0.0141. The lowest BCUT2D eigenvalue weighted by Crippen LogP contribution is -2.24. The minimum Gasteiger partial charge on any atom is -0.496 e. The van der Waals surface area contributed by atoms with E-state index >= 15 is 0 Å². The van der Waals surface area contributed by atoms with Crippen molar-refractivity contribution in [2.75, 3.05) is 13.7 Å². The number of aliphatic hydroxyl groups is 1. The molecule has 1 aromatic rings. The van der Waals surface area contributed by atoms with Crippen molar-refractivity contribution in [3.05, 3.63) is 29.6 Å². The van der Waals surface area contributed by atoms with Gasteiger partial charge in [0, 0.05) is 11.5 Å². The summed E-state index contributed by atoms with van der Waals surface area (Å²) in [4.78, 5) is 0. The Morgan fingerprint density at radius 3 is 2.67 bits per heavy atom. The van der Waals surface area contributed by atoms with Gasteiger partial charge in [0.25, 0.3) is 0 Å². The fraction of sp³-hybridized carbons (Fsp3) is 0.562. The van der Waals surface area contributed by atoms with Crippen LogP contribution in [0.2, 0.25) is 0 Å². The van der Waals surface area contributed by atoms with Gasteiger partial charge in [-0.05, 0) is 43.9 Å². The van der Waals surface area contributed by atoms with Gasteiger partial charge in [0.15, 0.2) is 0 Å². The summed E-state index contributed by atoms with van der Waals surface area (Å²) in [5, 5.41) is 18.5. The number of halogens is 1. The van der Waals surface area contributed by atoms with E-state index in [2.05, 4.69) is 6.07 Å². The number of hydrogen-bond donors (Lipinski definition) is 1. The highest BCUT2D eigenvalue weighted by Crippen LogP contribution is 2.33. The quantitative estimate of drug-likeness (QED) is 0.906. The van der Waals surface area contributed by atoms with Crippen molar-refractivity contribution in [1.29, 1.82) is 5.26 Å². The SMILES string of the molecule is COc1ccc(F)cc1[C@H](CO)O[C@H]1CC[C@H](C#N)CC1. The Balaban J connectivity index is 2.07. The Morgan fingerprint density at radius 2 is 2.10 bits per heavy atom. The van der Waals surface area contributed by atoms with Crippen LogP contribution in [0.5, 0.6) is 5.75 Å². The standard InChI is InChI=1S/C16H20FNO3/c1-20-15-7-4-12(17)8-14(15)16(10-19)21-13-5-2-11(9-18)3-6-13/h4,7-8,11,13,16,19H,2-3,5-6,10H2,1H3/t11-,13-,16-/m0/s1. The molecule has 1 aliphatic carbocycles. The third-order valence-corrected chi connectivity index (χ3v) is 3.92. The second-order valence-corrected chi connectivity index (χ2v) is 5.30. The van der Waals surface area contributed by atoms with Crippen molar-refractivity contribution in [2.45, 2.75) is 37.9 Å². The largest absolute Gasteiger partial charge is 0.496 e. The van der Waals surface area contributed by atoms with Gasteiger partial charge < -0.3 is 14.6 Å². The molecule has 5 heteroatoms. The van der Waals surface area contributed by atoms with E-state index in [1.807, 2.05) is 0 Å². The molecule has 0 aromatic heterocycles. The first-order valence-corrected chi connectivity index (χ1v) is 7.17. The Bertz CT molecular complexity index is 507. The van der Waals surface area contributed by atoms with Crippen LogP contribution >= 0.6 is 0 Å². The van der Waals surface area contributed by atoms with Gasteiger partial charge in [-0.3, -0.25) is 0 Å². The molecule has 0 spiro atoms. The summed E-state index contributed by atoms with van der Waals surface area (Å²) in [6, 6.07) is 6.45. The summed E-state index contributed by atoms with van der Waals surface area (Å²) in [5.74, 6) is 0.211. The summed E-state index contributed by atoms with van der Waals surface area (Å²) < 4.78 is 24.5. The van der Waals surface area contributed by atoms with Crippen LogP contribution in [-0.4, -0.2) is 24.9 Å².